The third-order valence-corrected chi connectivity index (χ3v) is 11.1. The summed E-state index contributed by atoms with van der Waals surface area (Å²) in [5.41, 5.74) is 2.42. The highest BCUT2D eigenvalue weighted by Gasteiger charge is 2.36. The van der Waals surface area contributed by atoms with Crippen LogP contribution in [0.5, 0.6) is 0 Å². The van der Waals surface area contributed by atoms with E-state index in [1.807, 2.05) is 37.3 Å². The van der Waals surface area contributed by atoms with Gasteiger partial charge < -0.3 is 10.2 Å². The summed E-state index contributed by atoms with van der Waals surface area (Å²) >= 11 is 19.4. The Morgan fingerprint density at radius 3 is 2.06 bits per heavy atom. The molecule has 5 rings (SSSR count). The molecule has 1 saturated carbocycles. The molecule has 47 heavy (non-hydrogen) atoms. The van der Waals surface area contributed by atoms with Crippen LogP contribution in [0.25, 0.3) is 0 Å². The van der Waals surface area contributed by atoms with Gasteiger partial charge >= 0.3 is 0 Å². The van der Waals surface area contributed by atoms with Gasteiger partial charge in [-0.15, -0.1) is 0 Å². The number of nitrogens with one attached hydrogen (secondary N) is 1. The van der Waals surface area contributed by atoms with E-state index in [1.54, 1.807) is 54.6 Å². The molecule has 0 bridgehead atoms. The number of anilines is 1. The average Bonchev–Trinajstić information content (AvgIpc) is 3.57. The summed E-state index contributed by atoms with van der Waals surface area (Å²) in [4.78, 5) is 30.2. The van der Waals surface area contributed by atoms with Gasteiger partial charge in [0.05, 0.1) is 10.6 Å². The molecular formula is C36H36Cl3N3O4S. The molecular weight excluding hydrogens is 677 g/mol. The van der Waals surface area contributed by atoms with Crippen LogP contribution >= 0.6 is 34.8 Å². The van der Waals surface area contributed by atoms with Gasteiger partial charge in [0, 0.05) is 39.6 Å². The molecule has 0 heterocycles. The number of hydrogen-bond donors (Lipinski definition) is 1. The first-order valence-corrected chi connectivity index (χ1v) is 18.0. The lowest BCUT2D eigenvalue weighted by Crippen LogP contribution is -2.54. The highest BCUT2D eigenvalue weighted by molar-refractivity contribution is 7.92. The largest absolute Gasteiger partial charge is 0.352 e. The normalized spacial score (nSPS) is 14.0. The second kappa shape index (κ2) is 15.6. The molecule has 0 saturated heterocycles. The van der Waals surface area contributed by atoms with Crippen LogP contribution < -0.4 is 9.62 Å². The van der Waals surface area contributed by atoms with E-state index in [4.69, 9.17) is 34.8 Å². The minimum absolute atomic E-state index is 0.00546. The Balaban J connectivity index is 1.59. The molecule has 0 aromatic heterocycles. The van der Waals surface area contributed by atoms with Crippen LogP contribution in [0.15, 0.2) is 102 Å². The Hall–Kier alpha value is -3.56. The molecule has 1 aliphatic carbocycles. The molecule has 4 aromatic carbocycles. The molecule has 0 radical (unpaired) electrons. The van der Waals surface area contributed by atoms with Gasteiger partial charge in [0.25, 0.3) is 10.0 Å². The third kappa shape index (κ3) is 8.68. The fourth-order valence-corrected chi connectivity index (χ4v) is 7.81. The molecule has 246 valence electrons. The summed E-state index contributed by atoms with van der Waals surface area (Å²) in [6.45, 7) is 1.14. The summed E-state index contributed by atoms with van der Waals surface area (Å²) in [5, 5.41) is 4.22. The van der Waals surface area contributed by atoms with Gasteiger partial charge in [-0.1, -0.05) is 102 Å². The van der Waals surface area contributed by atoms with E-state index in [9.17, 15) is 18.0 Å². The fraction of sp³-hybridized carbons (Fsp3) is 0.278. The van der Waals surface area contributed by atoms with Crippen molar-refractivity contribution in [3.8, 4) is 0 Å². The Morgan fingerprint density at radius 1 is 0.830 bits per heavy atom. The van der Waals surface area contributed by atoms with E-state index in [0.717, 1.165) is 41.1 Å². The minimum Gasteiger partial charge on any atom is -0.352 e. The van der Waals surface area contributed by atoms with Gasteiger partial charge in [-0.2, -0.15) is 0 Å². The van der Waals surface area contributed by atoms with Gasteiger partial charge in [-0.3, -0.25) is 13.9 Å². The average molecular weight is 713 g/mol. The van der Waals surface area contributed by atoms with Gasteiger partial charge in [0.15, 0.2) is 0 Å². The van der Waals surface area contributed by atoms with Crippen molar-refractivity contribution in [2.75, 3.05) is 10.8 Å². The van der Waals surface area contributed by atoms with E-state index in [1.165, 1.54) is 17.0 Å². The molecule has 0 aliphatic heterocycles. The van der Waals surface area contributed by atoms with Crippen LogP contribution in [0.1, 0.15) is 42.4 Å². The number of amides is 2. The highest BCUT2D eigenvalue weighted by atomic mass is 35.5. The van der Waals surface area contributed by atoms with Crippen LogP contribution in [-0.4, -0.2) is 43.8 Å². The third-order valence-electron chi connectivity index (χ3n) is 8.37. The highest BCUT2D eigenvalue weighted by Crippen LogP contribution is 2.30. The number of aryl methyl sites for hydroxylation is 1. The monoisotopic (exact) mass is 711 g/mol. The maximum absolute atomic E-state index is 14.7. The summed E-state index contributed by atoms with van der Waals surface area (Å²) in [5.74, 6) is -0.925. The maximum Gasteiger partial charge on any atom is 0.264 e. The summed E-state index contributed by atoms with van der Waals surface area (Å²) < 4.78 is 29.4. The van der Waals surface area contributed by atoms with Crippen molar-refractivity contribution in [3.63, 3.8) is 0 Å². The molecule has 0 unspecified atom stereocenters. The lowest BCUT2D eigenvalue weighted by atomic mass is 10.0. The molecule has 2 amide bonds. The number of hydrogen-bond acceptors (Lipinski definition) is 4. The summed E-state index contributed by atoms with van der Waals surface area (Å²) in [6, 6.07) is 26.1. The van der Waals surface area contributed by atoms with Gasteiger partial charge in [0.2, 0.25) is 11.8 Å². The van der Waals surface area contributed by atoms with Crippen molar-refractivity contribution in [2.45, 2.75) is 62.6 Å². The number of carbonyl (C=O) groups excluding carboxylic acids is 2. The zero-order valence-corrected chi connectivity index (χ0v) is 29.0. The molecule has 4 aromatic rings. The van der Waals surface area contributed by atoms with Crippen LogP contribution in [0, 0.1) is 6.92 Å². The van der Waals surface area contributed by atoms with Crippen molar-refractivity contribution in [3.05, 3.63) is 129 Å². The summed E-state index contributed by atoms with van der Waals surface area (Å²) in [6.07, 6.45) is 3.93. The van der Waals surface area contributed by atoms with Crippen molar-refractivity contribution < 1.29 is 18.0 Å². The van der Waals surface area contributed by atoms with Crippen molar-refractivity contribution in [2.24, 2.45) is 0 Å². The van der Waals surface area contributed by atoms with Gasteiger partial charge in [-0.25, -0.2) is 8.42 Å². The Bertz CT molecular complexity index is 1780. The first-order chi connectivity index (χ1) is 22.5. The maximum atomic E-state index is 14.7. The number of halogens is 3. The van der Waals surface area contributed by atoms with E-state index < -0.39 is 28.5 Å². The fourth-order valence-electron chi connectivity index (χ4n) is 5.75. The van der Waals surface area contributed by atoms with Crippen LogP contribution in [0.2, 0.25) is 15.1 Å². The SMILES string of the molecule is Cc1ccc(S(=O)(=O)N(CC(=O)N(Cc2c(Cl)cccc2Cl)[C@H](Cc2ccccc2)C(=O)NC2CCCC2)c2ccc(Cl)cc2)cc1. The second-order valence-electron chi connectivity index (χ2n) is 11.7. The first kappa shape index (κ1) is 34.8. The van der Waals surface area contributed by atoms with Gasteiger partial charge in [-0.05, 0) is 73.9 Å². The molecule has 7 nitrogen and oxygen atoms in total. The van der Waals surface area contributed by atoms with Crippen molar-refractivity contribution >= 4 is 62.3 Å². The standard InChI is InChI=1S/C36H36Cl3N3O4S/c1-25-14-20-30(21-15-25)47(45,46)42(29-18-16-27(37)17-19-29)24-35(43)41(23-31-32(38)12-7-13-33(31)39)34(22-26-8-3-2-4-9-26)36(44)40-28-10-5-6-11-28/h2-4,7-9,12-21,28,34H,5-6,10-11,22-24H2,1H3,(H,40,44)/t34-/m1/s1. The Kier molecular flexibility index (Phi) is 11.5. The molecule has 1 aliphatic rings. The van der Waals surface area contributed by atoms with E-state index in [-0.39, 0.29) is 35.5 Å². The van der Waals surface area contributed by atoms with E-state index in [2.05, 4.69) is 5.32 Å². The Labute approximate surface area is 291 Å². The topological polar surface area (TPSA) is 86.8 Å². The zero-order valence-electron chi connectivity index (χ0n) is 25.9. The minimum atomic E-state index is -4.23. The predicted molar refractivity (Wildman–Crippen MR) is 189 cm³/mol. The smallest absolute Gasteiger partial charge is 0.264 e. The van der Waals surface area contributed by atoms with E-state index >= 15 is 0 Å². The first-order valence-electron chi connectivity index (χ1n) is 15.4. The molecule has 0 spiro atoms. The van der Waals surface area contributed by atoms with Crippen LogP contribution in [0.4, 0.5) is 5.69 Å². The number of sulfonamides is 1. The van der Waals surface area contributed by atoms with Crippen LogP contribution in [-0.2, 0) is 32.6 Å². The number of rotatable bonds is 12. The lowest BCUT2D eigenvalue weighted by molar-refractivity contribution is -0.140. The van der Waals surface area contributed by atoms with Gasteiger partial charge in [0.1, 0.15) is 12.6 Å². The zero-order chi connectivity index (χ0) is 33.6. The van der Waals surface area contributed by atoms with Crippen LogP contribution in [0.3, 0.4) is 0 Å². The summed E-state index contributed by atoms with van der Waals surface area (Å²) in [7, 11) is -4.23. The second-order valence-corrected chi connectivity index (χ2v) is 14.8. The number of carbonyl (C=O) groups is 2. The molecule has 1 fully saturated rings. The molecule has 1 N–H and O–H groups in total. The predicted octanol–water partition coefficient (Wildman–Crippen LogP) is 7.85. The molecule has 1 atom stereocenters. The number of benzene rings is 4. The molecule has 11 heteroatoms. The quantitative estimate of drug-likeness (QED) is 0.162. The lowest BCUT2D eigenvalue weighted by Gasteiger charge is -2.34. The van der Waals surface area contributed by atoms with E-state index in [0.29, 0.717) is 20.6 Å². The number of nitrogens with zero attached hydrogens (tertiary/aromatic N) is 2. The van der Waals surface area contributed by atoms with Crippen molar-refractivity contribution in [1.82, 2.24) is 10.2 Å². The van der Waals surface area contributed by atoms with Crippen molar-refractivity contribution in [1.29, 1.82) is 0 Å². The Morgan fingerprint density at radius 2 is 1.45 bits per heavy atom.